The molecule has 0 saturated heterocycles. The Morgan fingerprint density at radius 2 is 2.35 bits per heavy atom. The summed E-state index contributed by atoms with van der Waals surface area (Å²) >= 11 is 0. The van der Waals surface area contributed by atoms with Crippen LogP contribution in [0.2, 0.25) is 0 Å². The van der Waals surface area contributed by atoms with Gasteiger partial charge in [-0.05, 0) is 6.92 Å². The summed E-state index contributed by atoms with van der Waals surface area (Å²) in [4.78, 5) is 32.6. The molecule has 0 fully saturated rings. The Morgan fingerprint density at radius 1 is 1.65 bits per heavy atom. The van der Waals surface area contributed by atoms with Crippen LogP contribution < -0.4 is 16.6 Å². The monoisotopic (exact) mass is 237 g/mol. The van der Waals surface area contributed by atoms with Gasteiger partial charge >= 0.3 is 0 Å². The molecular formula is C9H11N5O3. The maximum Gasteiger partial charge on any atom is 0.277 e. The summed E-state index contributed by atoms with van der Waals surface area (Å²) in [5.41, 5.74) is 4.95. The first-order chi connectivity index (χ1) is 7.99. The van der Waals surface area contributed by atoms with Crippen molar-refractivity contribution in [2.75, 3.05) is 11.1 Å². The molecule has 0 spiro atoms. The lowest BCUT2D eigenvalue weighted by Gasteiger charge is -2.22. The fraction of sp³-hybridized carbons (Fsp3) is 0.333. The lowest BCUT2D eigenvalue weighted by atomic mass is 10.1. The second-order valence-corrected chi connectivity index (χ2v) is 3.65. The van der Waals surface area contributed by atoms with Gasteiger partial charge in [0.15, 0.2) is 11.6 Å². The Balaban J connectivity index is 2.37. The van der Waals surface area contributed by atoms with Crippen LogP contribution in [0.5, 0.6) is 0 Å². The molecule has 0 amide bonds. The zero-order valence-corrected chi connectivity index (χ0v) is 8.97. The predicted molar refractivity (Wildman–Crippen MR) is 61.5 cm³/mol. The summed E-state index contributed by atoms with van der Waals surface area (Å²) in [6.07, 6.45) is 0.0594. The second-order valence-electron chi connectivity index (χ2n) is 3.65. The summed E-state index contributed by atoms with van der Waals surface area (Å²) in [6.45, 7) is 1.25. The third kappa shape index (κ3) is 2.02. The Labute approximate surface area is 95.6 Å². The number of aromatic nitrogens is 2. The number of aliphatic hydroxyl groups excluding tert-OH is 1. The first-order valence-electron chi connectivity index (χ1n) is 4.88. The van der Waals surface area contributed by atoms with E-state index in [1.165, 1.54) is 13.1 Å². The molecule has 5 N–H and O–H groups in total. The average Bonchev–Trinajstić information content (AvgIpc) is 2.27. The number of aliphatic hydroxyl groups is 1. The van der Waals surface area contributed by atoms with Gasteiger partial charge in [-0.3, -0.25) is 14.6 Å². The lowest BCUT2D eigenvalue weighted by Crippen LogP contribution is -2.42. The zero-order chi connectivity index (χ0) is 12.6. The number of carbonyl (C=O) groups excluding carboxylic acids is 1. The smallest absolute Gasteiger partial charge is 0.277 e. The van der Waals surface area contributed by atoms with Gasteiger partial charge in [-0.2, -0.15) is 4.98 Å². The number of carbonyl (C=O) groups is 1. The van der Waals surface area contributed by atoms with E-state index in [2.05, 4.69) is 20.3 Å². The second kappa shape index (κ2) is 3.98. The molecule has 2 rings (SSSR count). The minimum absolute atomic E-state index is 0.0433. The lowest BCUT2D eigenvalue weighted by molar-refractivity contribution is -0.124. The standard InChI is InChI=1S/C9H11N5O3/c1-3(15)6(16)4-2-11-7-5(12-4)8(17)14-9(10)13-7/h2,4,6,12,16H,1H3,(H3,10,13,14,17). The number of ketones is 1. The molecule has 8 nitrogen and oxygen atoms in total. The summed E-state index contributed by atoms with van der Waals surface area (Å²) in [5.74, 6) is -0.325. The largest absolute Gasteiger partial charge is 0.383 e. The summed E-state index contributed by atoms with van der Waals surface area (Å²) in [6, 6.07) is -0.744. The van der Waals surface area contributed by atoms with Crippen molar-refractivity contribution in [3.63, 3.8) is 0 Å². The number of nitrogens with one attached hydrogen (secondary N) is 2. The van der Waals surface area contributed by atoms with Gasteiger partial charge < -0.3 is 16.2 Å². The zero-order valence-electron chi connectivity index (χ0n) is 8.97. The Morgan fingerprint density at radius 3 is 3.00 bits per heavy atom. The van der Waals surface area contributed by atoms with Gasteiger partial charge in [-0.25, -0.2) is 4.99 Å². The van der Waals surface area contributed by atoms with Gasteiger partial charge in [0.2, 0.25) is 5.95 Å². The van der Waals surface area contributed by atoms with Gasteiger partial charge in [-0.1, -0.05) is 0 Å². The van der Waals surface area contributed by atoms with Gasteiger partial charge in [0.25, 0.3) is 5.56 Å². The maximum atomic E-state index is 11.5. The first kappa shape index (κ1) is 11.3. The number of anilines is 2. The number of hydrogen-bond donors (Lipinski definition) is 4. The van der Waals surface area contributed by atoms with Crippen molar-refractivity contribution >= 4 is 29.5 Å². The SMILES string of the molecule is CC(=O)C(O)C1C=Nc2nc(N)[nH]c(=O)c2N1. The fourth-order valence-corrected chi connectivity index (χ4v) is 1.47. The van der Waals surface area contributed by atoms with Gasteiger partial charge in [-0.15, -0.1) is 0 Å². The maximum absolute atomic E-state index is 11.5. The van der Waals surface area contributed by atoms with Gasteiger partial charge in [0.05, 0.1) is 6.04 Å². The van der Waals surface area contributed by atoms with Crippen molar-refractivity contribution in [1.82, 2.24) is 9.97 Å². The van der Waals surface area contributed by atoms with E-state index < -0.39 is 23.5 Å². The average molecular weight is 237 g/mol. The van der Waals surface area contributed by atoms with E-state index in [0.29, 0.717) is 0 Å². The van der Waals surface area contributed by atoms with E-state index in [0.717, 1.165) is 0 Å². The van der Waals surface area contributed by atoms with E-state index in [1.54, 1.807) is 0 Å². The molecular weight excluding hydrogens is 226 g/mol. The molecule has 1 aliphatic rings. The number of aromatic amines is 1. The molecule has 2 atom stereocenters. The molecule has 2 heterocycles. The van der Waals surface area contributed by atoms with E-state index in [-0.39, 0.29) is 17.5 Å². The summed E-state index contributed by atoms with van der Waals surface area (Å²) < 4.78 is 0. The van der Waals surface area contributed by atoms with E-state index in [9.17, 15) is 14.7 Å². The van der Waals surface area contributed by atoms with Crippen LogP contribution in [0.25, 0.3) is 0 Å². The Kier molecular flexibility index (Phi) is 2.64. The summed E-state index contributed by atoms with van der Waals surface area (Å²) in [5, 5.41) is 12.3. The van der Waals surface area contributed by atoms with Crippen molar-refractivity contribution < 1.29 is 9.90 Å². The Bertz CT molecular complexity index is 550. The van der Waals surface area contributed by atoms with E-state index >= 15 is 0 Å². The third-order valence-electron chi connectivity index (χ3n) is 2.34. The van der Waals surface area contributed by atoms with Crippen LogP contribution in [-0.4, -0.2) is 39.2 Å². The number of aliphatic imine (C=N–C) groups is 1. The first-order valence-corrected chi connectivity index (χ1v) is 4.88. The van der Waals surface area contributed by atoms with E-state index in [4.69, 9.17) is 5.73 Å². The molecule has 1 aromatic rings. The number of hydrogen-bond acceptors (Lipinski definition) is 7. The van der Waals surface area contributed by atoms with Crippen LogP contribution in [-0.2, 0) is 4.79 Å². The highest BCUT2D eigenvalue weighted by Crippen LogP contribution is 2.22. The number of rotatable bonds is 2. The number of H-pyrrole nitrogens is 1. The molecule has 0 saturated carbocycles. The minimum atomic E-state index is -1.26. The number of nitrogen functional groups attached to an aromatic ring is 1. The van der Waals surface area contributed by atoms with Crippen LogP contribution in [0, 0.1) is 0 Å². The van der Waals surface area contributed by atoms with E-state index in [1.807, 2.05) is 0 Å². The molecule has 2 unspecified atom stereocenters. The van der Waals surface area contributed by atoms with Crippen molar-refractivity contribution in [3.05, 3.63) is 10.4 Å². The summed E-state index contributed by atoms with van der Waals surface area (Å²) in [7, 11) is 0. The highest BCUT2D eigenvalue weighted by Gasteiger charge is 2.26. The van der Waals surface area contributed by atoms with Crippen molar-refractivity contribution in [1.29, 1.82) is 0 Å². The molecule has 8 heteroatoms. The molecule has 17 heavy (non-hydrogen) atoms. The highest BCUT2D eigenvalue weighted by atomic mass is 16.3. The van der Waals surface area contributed by atoms with Crippen molar-refractivity contribution in [2.24, 2.45) is 4.99 Å². The molecule has 0 aliphatic carbocycles. The normalized spacial score (nSPS) is 19.3. The molecule has 0 radical (unpaired) electrons. The van der Waals surface area contributed by atoms with Crippen LogP contribution in [0.15, 0.2) is 9.79 Å². The molecule has 90 valence electrons. The third-order valence-corrected chi connectivity index (χ3v) is 2.34. The van der Waals surface area contributed by atoms with Gasteiger partial charge in [0.1, 0.15) is 11.8 Å². The number of nitrogens with two attached hydrogens (primary N) is 1. The number of nitrogens with zero attached hydrogens (tertiary/aromatic N) is 2. The van der Waals surface area contributed by atoms with Crippen molar-refractivity contribution in [2.45, 2.75) is 19.1 Å². The molecule has 0 aromatic carbocycles. The number of fused-ring (bicyclic) bond motifs is 1. The number of Topliss-reactive ketones (excluding diaryl/α,β-unsaturated/α-hetero) is 1. The fourth-order valence-electron chi connectivity index (χ4n) is 1.47. The van der Waals surface area contributed by atoms with Crippen LogP contribution in [0.1, 0.15) is 6.92 Å². The minimum Gasteiger partial charge on any atom is -0.383 e. The van der Waals surface area contributed by atoms with Gasteiger partial charge in [0, 0.05) is 6.21 Å². The molecule has 0 bridgehead atoms. The quantitative estimate of drug-likeness (QED) is 0.510. The van der Waals surface area contributed by atoms with Crippen LogP contribution >= 0.6 is 0 Å². The molecule has 1 aliphatic heterocycles. The van der Waals surface area contributed by atoms with Crippen molar-refractivity contribution in [3.8, 4) is 0 Å². The Hall–Kier alpha value is -2.22. The van der Waals surface area contributed by atoms with Crippen LogP contribution in [0.4, 0.5) is 17.5 Å². The topological polar surface area (TPSA) is 133 Å². The van der Waals surface area contributed by atoms with Crippen LogP contribution in [0.3, 0.4) is 0 Å². The molecule has 1 aromatic heterocycles. The predicted octanol–water partition coefficient (Wildman–Crippen LogP) is -1.20. The highest BCUT2D eigenvalue weighted by molar-refractivity contribution is 5.90.